The second-order valence-electron chi connectivity index (χ2n) is 4.89. The molecule has 0 amide bonds. The highest BCUT2D eigenvalue weighted by Gasteiger charge is 2.17. The average molecular weight is 256 g/mol. The van der Waals surface area contributed by atoms with E-state index in [-0.39, 0.29) is 5.75 Å². The van der Waals surface area contributed by atoms with Gasteiger partial charge in [-0.25, -0.2) is 13.4 Å². The third-order valence-corrected chi connectivity index (χ3v) is 4.35. The second-order valence-corrected chi connectivity index (χ2v) is 7.15. The number of sulfone groups is 1. The van der Waals surface area contributed by atoms with Crippen molar-refractivity contribution in [3.8, 4) is 0 Å². The quantitative estimate of drug-likeness (QED) is 0.820. The number of nitrogens with zero attached hydrogens (tertiary/aromatic N) is 2. The van der Waals surface area contributed by atoms with E-state index in [0.717, 1.165) is 25.2 Å². The molecule has 0 spiro atoms. The van der Waals surface area contributed by atoms with Crippen LogP contribution in [0.3, 0.4) is 0 Å². The Morgan fingerprint density at radius 3 is 2.71 bits per heavy atom. The van der Waals surface area contributed by atoms with Crippen molar-refractivity contribution in [2.75, 3.05) is 12.0 Å². The molecule has 1 heterocycles. The van der Waals surface area contributed by atoms with E-state index in [9.17, 15) is 8.42 Å². The maximum Gasteiger partial charge on any atom is 0.147 e. The van der Waals surface area contributed by atoms with Crippen LogP contribution < -0.4 is 0 Å². The number of hydrogen-bond acceptors (Lipinski definition) is 3. The molecule has 0 bridgehead atoms. The standard InChI is InChI=1S/C12H20N2O2S/c1-10-13-11-6-3-4-7-12(11)14(10)8-5-9-17(2,15)16/h3-9H2,1-2H3. The molecule has 4 nitrogen and oxygen atoms in total. The van der Waals surface area contributed by atoms with Gasteiger partial charge in [0.25, 0.3) is 0 Å². The second kappa shape index (κ2) is 4.80. The molecule has 96 valence electrons. The molecule has 0 saturated carbocycles. The van der Waals surface area contributed by atoms with E-state index in [1.165, 1.54) is 30.5 Å². The summed E-state index contributed by atoms with van der Waals surface area (Å²) >= 11 is 0. The van der Waals surface area contributed by atoms with Crippen LogP contribution in [0.4, 0.5) is 0 Å². The fourth-order valence-electron chi connectivity index (χ4n) is 2.52. The number of fused-ring (bicyclic) bond motifs is 1. The summed E-state index contributed by atoms with van der Waals surface area (Å²) in [6, 6.07) is 0. The zero-order valence-corrected chi connectivity index (χ0v) is 11.4. The van der Waals surface area contributed by atoms with Crippen LogP contribution in [0.15, 0.2) is 0 Å². The van der Waals surface area contributed by atoms with E-state index in [2.05, 4.69) is 9.55 Å². The molecular weight excluding hydrogens is 236 g/mol. The van der Waals surface area contributed by atoms with Crippen molar-refractivity contribution >= 4 is 9.84 Å². The highest BCUT2D eigenvalue weighted by Crippen LogP contribution is 2.22. The monoisotopic (exact) mass is 256 g/mol. The molecule has 0 N–H and O–H groups in total. The molecule has 5 heteroatoms. The van der Waals surface area contributed by atoms with Crippen molar-refractivity contribution in [1.29, 1.82) is 0 Å². The summed E-state index contributed by atoms with van der Waals surface area (Å²) in [6.07, 6.45) is 6.60. The summed E-state index contributed by atoms with van der Waals surface area (Å²) < 4.78 is 24.4. The molecule has 0 aliphatic heterocycles. The van der Waals surface area contributed by atoms with Gasteiger partial charge in [0, 0.05) is 18.5 Å². The molecule has 0 radical (unpaired) electrons. The Labute approximate surface area is 103 Å². The molecule has 0 atom stereocenters. The van der Waals surface area contributed by atoms with Gasteiger partial charge in [-0.05, 0) is 39.0 Å². The first-order chi connectivity index (χ1) is 7.97. The molecule has 0 unspecified atom stereocenters. The molecule has 17 heavy (non-hydrogen) atoms. The van der Waals surface area contributed by atoms with Gasteiger partial charge in [-0.2, -0.15) is 0 Å². The summed E-state index contributed by atoms with van der Waals surface area (Å²) in [5.74, 6) is 1.30. The predicted molar refractivity (Wildman–Crippen MR) is 67.9 cm³/mol. The van der Waals surface area contributed by atoms with E-state index < -0.39 is 9.84 Å². The summed E-state index contributed by atoms with van der Waals surface area (Å²) in [7, 11) is -2.85. The Balaban J connectivity index is 2.08. The topological polar surface area (TPSA) is 52.0 Å². The molecule has 1 aliphatic carbocycles. The van der Waals surface area contributed by atoms with Crippen molar-refractivity contribution < 1.29 is 8.42 Å². The summed E-state index contributed by atoms with van der Waals surface area (Å²) in [4.78, 5) is 4.58. The fourth-order valence-corrected chi connectivity index (χ4v) is 3.17. The van der Waals surface area contributed by atoms with Gasteiger partial charge >= 0.3 is 0 Å². The van der Waals surface area contributed by atoms with Gasteiger partial charge in [-0.3, -0.25) is 0 Å². The lowest BCUT2D eigenvalue weighted by atomic mass is 10.0. The van der Waals surface area contributed by atoms with Crippen LogP contribution in [0.2, 0.25) is 0 Å². The molecule has 1 aliphatic rings. The van der Waals surface area contributed by atoms with Crippen molar-refractivity contribution in [3.05, 3.63) is 17.2 Å². The Hall–Kier alpha value is -0.840. The number of hydrogen-bond donors (Lipinski definition) is 0. The Morgan fingerprint density at radius 2 is 2.00 bits per heavy atom. The smallest absolute Gasteiger partial charge is 0.147 e. The molecule has 1 aromatic heterocycles. The first-order valence-corrected chi connectivity index (χ1v) is 8.26. The van der Waals surface area contributed by atoms with Crippen molar-refractivity contribution in [1.82, 2.24) is 9.55 Å². The molecule has 0 fully saturated rings. The van der Waals surface area contributed by atoms with Gasteiger partial charge in [-0.15, -0.1) is 0 Å². The molecule has 0 aromatic carbocycles. The molecular formula is C12H20N2O2S. The van der Waals surface area contributed by atoms with E-state index >= 15 is 0 Å². The lowest BCUT2D eigenvalue weighted by Gasteiger charge is -2.14. The highest BCUT2D eigenvalue weighted by molar-refractivity contribution is 7.90. The minimum atomic E-state index is -2.85. The SMILES string of the molecule is Cc1nc2c(n1CCCS(C)(=O)=O)CCCC2. The largest absolute Gasteiger partial charge is 0.332 e. The van der Waals surface area contributed by atoms with E-state index in [1.807, 2.05) is 6.92 Å². The van der Waals surface area contributed by atoms with Gasteiger partial charge < -0.3 is 4.57 Å². The van der Waals surface area contributed by atoms with Crippen LogP contribution >= 0.6 is 0 Å². The number of aromatic nitrogens is 2. The third kappa shape index (κ3) is 3.09. The van der Waals surface area contributed by atoms with Crippen LogP contribution in [-0.4, -0.2) is 30.0 Å². The Bertz CT molecular complexity index is 503. The maximum absolute atomic E-state index is 11.1. The Kier molecular flexibility index (Phi) is 3.56. The maximum atomic E-state index is 11.1. The van der Waals surface area contributed by atoms with Crippen LogP contribution in [0.5, 0.6) is 0 Å². The van der Waals surface area contributed by atoms with E-state index in [0.29, 0.717) is 6.42 Å². The third-order valence-electron chi connectivity index (χ3n) is 3.32. The first-order valence-electron chi connectivity index (χ1n) is 6.20. The van der Waals surface area contributed by atoms with Crippen molar-refractivity contribution in [3.63, 3.8) is 0 Å². The van der Waals surface area contributed by atoms with Crippen molar-refractivity contribution in [2.24, 2.45) is 0 Å². The Morgan fingerprint density at radius 1 is 1.29 bits per heavy atom. The van der Waals surface area contributed by atoms with Gasteiger partial charge in [-0.1, -0.05) is 0 Å². The lowest BCUT2D eigenvalue weighted by molar-refractivity contribution is 0.573. The summed E-state index contributed by atoms with van der Waals surface area (Å²) in [5, 5.41) is 0. The van der Waals surface area contributed by atoms with Crippen molar-refractivity contribution in [2.45, 2.75) is 45.6 Å². The minimum absolute atomic E-state index is 0.263. The number of aryl methyl sites for hydroxylation is 2. The van der Waals surface area contributed by atoms with E-state index in [1.54, 1.807) is 0 Å². The van der Waals surface area contributed by atoms with Gasteiger partial charge in [0.1, 0.15) is 15.7 Å². The molecule has 2 rings (SSSR count). The van der Waals surface area contributed by atoms with Crippen LogP contribution in [0.1, 0.15) is 36.5 Å². The van der Waals surface area contributed by atoms with Crippen LogP contribution in [0, 0.1) is 6.92 Å². The number of imidazole rings is 1. The molecule has 1 aromatic rings. The highest BCUT2D eigenvalue weighted by atomic mass is 32.2. The number of rotatable bonds is 4. The minimum Gasteiger partial charge on any atom is -0.332 e. The molecule has 0 saturated heterocycles. The lowest BCUT2D eigenvalue weighted by Crippen LogP contribution is -2.12. The predicted octanol–water partition coefficient (Wildman–Crippen LogP) is 1.51. The zero-order valence-electron chi connectivity index (χ0n) is 10.6. The average Bonchev–Trinajstić information content (AvgIpc) is 2.54. The van der Waals surface area contributed by atoms with E-state index in [4.69, 9.17) is 0 Å². The first kappa shape index (κ1) is 12.6. The van der Waals surface area contributed by atoms with Crippen LogP contribution in [0.25, 0.3) is 0 Å². The summed E-state index contributed by atoms with van der Waals surface area (Å²) in [6.45, 7) is 2.79. The normalized spacial score (nSPS) is 15.9. The van der Waals surface area contributed by atoms with Gasteiger partial charge in [0.15, 0.2) is 0 Å². The fraction of sp³-hybridized carbons (Fsp3) is 0.750. The van der Waals surface area contributed by atoms with Gasteiger partial charge in [0.05, 0.1) is 11.4 Å². The summed E-state index contributed by atoms with van der Waals surface area (Å²) in [5.41, 5.74) is 2.57. The van der Waals surface area contributed by atoms with Gasteiger partial charge in [0.2, 0.25) is 0 Å². The zero-order chi connectivity index (χ0) is 12.5. The van der Waals surface area contributed by atoms with Crippen LogP contribution in [-0.2, 0) is 29.2 Å².